The van der Waals surface area contributed by atoms with Crippen LogP contribution in [0.1, 0.15) is 19.8 Å². The van der Waals surface area contributed by atoms with E-state index in [9.17, 15) is 10.1 Å². The number of hydrogen-bond acceptors (Lipinski definition) is 3. The Morgan fingerprint density at radius 2 is 2.25 bits per heavy atom. The molecule has 0 radical (unpaired) electrons. The van der Waals surface area contributed by atoms with Gasteiger partial charge in [-0.15, -0.1) is 0 Å². The van der Waals surface area contributed by atoms with Crippen LogP contribution in [0.2, 0.25) is 5.02 Å². The molecule has 1 aromatic carbocycles. The van der Waals surface area contributed by atoms with Crippen LogP contribution in [0, 0.1) is 15.5 Å². The highest BCUT2D eigenvalue weighted by Crippen LogP contribution is 2.45. The minimum atomic E-state index is -0.413. The van der Waals surface area contributed by atoms with Crippen molar-refractivity contribution in [3.05, 3.63) is 33.3 Å². The lowest BCUT2D eigenvalue weighted by Crippen LogP contribution is -2.12. The van der Waals surface area contributed by atoms with Gasteiger partial charge in [0, 0.05) is 17.6 Å². The fourth-order valence-electron chi connectivity index (χ4n) is 1.50. The van der Waals surface area contributed by atoms with Gasteiger partial charge in [0.2, 0.25) is 0 Å². The maximum atomic E-state index is 10.8. The number of nitrogens with zero attached hydrogens (tertiary/aromatic N) is 1. The number of nitro benzene ring substituents is 1. The normalized spacial score (nSPS) is 16.9. The predicted octanol–water partition coefficient (Wildman–Crippen LogP) is 3.46. The molecule has 0 aliphatic heterocycles. The molecule has 1 aliphatic carbocycles. The summed E-state index contributed by atoms with van der Waals surface area (Å²) in [6.07, 6.45) is 2.36. The summed E-state index contributed by atoms with van der Waals surface area (Å²) < 4.78 is 0. The molecule has 16 heavy (non-hydrogen) atoms. The average molecular weight is 241 g/mol. The van der Waals surface area contributed by atoms with E-state index in [1.54, 1.807) is 12.1 Å². The predicted molar refractivity (Wildman–Crippen MR) is 63.9 cm³/mol. The quantitative estimate of drug-likeness (QED) is 0.648. The van der Waals surface area contributed by atoms with Crippen LogP contribution in [0.15, 0.2) is 18.2 Å². The monoisotopic (exact) mass is 240 g/mol. The highest BCUT2D eigenvalue weighted by atomic mass is 35.5. The number of hydrogen-bond donors (Lipinski definition) is 1. The van der Waals surface area contributed by atoms with E-state index in [1.807, 2.05) is 0 Å². The van der Waals surface area contributed by atoms with Crippen LogP contribution in [-0.2, 0) is 0 Å². The Bertz CT molecular complexity index is 430. The Labute approximate surface area is 98.8 Å². The summed E-state index contributed by atoms with van der Waals surface area (Å²) in [6, 6.07) is 4.69. The van der Waals surface area contributed by atoms with Crippen LogP contribution < -0.4 is 5.32 Å². The fourth-order valence-corrected chi connectivity index (χ4v) is 1.67. The SMILES string of the molecule is CC1(CNc2ccc(Cl)cc2[N+](=O)[O-])CC1. The molecule has 5 heteroatoms. The average Bonchev–Trinajstić information content (AvgIpc) is 2.95. The summed E-state index contributed by atoms with van der Waals surface area (Å²) in [6.45, 7) is 2.94. The van der Waals surface area contributed by atoms with Crippen molar-refractivity contribution in [2.45, 2.75) is 19.8 Å². The number of anilines is 1. The van der Waals surface area contributed by atoms with Crippen molar-refractivity contribution in [3.63, 3.8) is 0 Å². The van der Waals surface area contributed by atoms with Crippen molar-refractivity contribution in [2.24, 2.45) is 5.41 Å². The fraction of sp³-hybridized carbons (Fsp3) is 0.455. The molecule has 1 aromatic rings. The molecule has 86 valence electrons. The lowest BCUT2D eigenvalue weighted by atomic mass is 10.1. The Balaban J connectivity index is 2.15. The van der Waals surface area contributed by atoms with E-state index in [0.717, 1.165) is 6.54 Å². The zero-order valence-corrected chi connectivity index (χ0v) is 9.75. The van der Waals surface area contributed by atoms with Gasteiger partial charge in [-0.3, -0.25) is 10.1 Å². The van der Waals surface area contributed by atoms with E-state index < -0.39 is 4.92 Å². The van der Waals surface area contributed by atoms with Crippen LogP contribution >= 0.6 is 11.6 Å². The van der Waals surface area contributed by atoms with Crippen molar-refractivity contribution < 1.29 is 4.92 Å². The Kier molecular flexibility index (Phi) is 2.76. The second-order valence-corrected chi connectivity index (χ2v) is 5.02. The van der Waals surface area contributed by atoms with Crippen LogP contribution in [0.5, 0.6) is 0 Å². The topological polar surface area (TPSA) is 55.2 Å². The van der Waals surface area contributed by atoms with Crippen molar-refractivity contribution in [1.82, 2.24) is 0 Å². The summed E-state index contributed by atoms with van der Waals surface area (Å²) in [5.41, 5.74) is 0.896. The molecule has 2 rings (SSSR count). The van der Waals surface area contributed by atoms with Crippen LogP contribution in [0.3, 0.4) is 0 Å². The third-order valence-electron chi connectivity index (χ3n) is 2.97. The third-order valence-corrected chi connectivity index (χ3v) is 3.20. The molecule has 4 nitrogen and oxygen atoms in total. The number of rotatable bonds is 4. The number of nitrogens with one attached hydrogen (secondary N) is 1. The summed E-state index contributed by atoms with van der Waals surface area (Å²) in [7, 11) is 0. The van der Waals surface area contributed by atoms with Gasteiger partial charge in [-0.2, -0.15) is 0 Å². The first-order valence-electron chi connectivity index (χ1n) is 5.18. The minimum Gasteiger partial charge on any atom is -0.379 e. The van der Waals surface area contributed by atoms with Crippen LogP contribution in [-0.4, -0.2) is 11.5 Å². The van der Waals surface area contributed by atoms with Crippen LogP contribution in [0.4, 0.5) is 11.4 Å². The van der Waals surface area contributed by atoms with Gasteiger partial charge in [-0.25, -0.2) is 0 Å². The van der Waals surface area contributed by atoms with Gasteiger partial charge in [-0.05, 0) is 30.4 Å². The Morgan fingerprint density at radius 1 is 1.56 bits per heavy atom. The molecule has 0 spiro atoms. The largest absolute Gasteiger partial charge is 0.379 e. The van der Waals surface area contributed by atoms with Gasteiger partial charge < -0.3 is 5.32 Å². The van der Waals surface area contributed by atoms with Gasteiger partial charge in [0.25, 0.3) is 5.69 Å². The number of halogens is 1. The van der Waals surface area contributed by atoms with E-state index in [1.165, 1.54) is 18.9 Å². The summed E-state index contributed by atoms with van der Waals surface area (Å²) in [5.74, 6) is 0. The third kappa shape index (κ3) is 2.44. The maximum absolute atomic E-state index is 10.8. The summed E-state index contributed by atoms with van der Waals surface area (Å²) >= 11 is 5.73. The molecule has 0 atom stereocenters. The molecule has 1 aliphatic rings. The maximum Gasteiger partial charge on any atom is 0.293 e. The summed E-state index contributed by atoms with van der Waals surface area (Å²) in [4.78, 5) is 10.4. The zero-order valence-electron chi connectivity index (χ0n) is 9.00. The lowest BCUT2D eigenvalue weighted by molar-refractivity contribution is -0.383. The molecule has 0 unspecified atom stereocenters. The molecule has 0 aromatic heterocycles. The molecule has 0 saturated heterocycles. The molecule has 0 heterocycles. The van der Waals surface area contributed by atoms with Gasteiger partial charge in [0.05, 0.1) is 4.92 Å². The second-order valence-electron chi connectivity index (χ2n) is 4.58. The highest BCUT2D eigenvalue weighted by Gasteiger charge is 2.37. The molecular weight excluding hydrogens is 228 g/mol. The second kappa shape index (κ2) is 3.94. The first kappa shape index (κ1) is 11.2. The molecular formula is C11H13ClN2O2. The molecule has 0 amide bonds. The van der Waals surface area contributed by atoms with Gasteiger partial charge in [-0.1, -0.05) is 18.5 Å². The van der Waals surface area contributed by atoms with Crippen molar-refractivity contribution >= 4 is 23.0 Å². The van der Waals surface area contributed by atoms with E-state index in [4.69, 9.17) is 11.6 Å². The van der Waals surface area contributed by atoms with E-state index in [2.05, 4.69) is 12.2 Å². The summed E-state index contributed by atoms with van der Waals surface area (Å²) in [5, 5.41) is 14.3. The number of nitro groups is 1. The first-order valence-corrected chi connectivity index (χ1v) is 5.56. The molecule has 1 N–H and O–H groups in total. The van der Waals surface area contributed by atoms with E-state index in [-0.39, 0.29) is 5.69 Å². The van der Waals surface area contributed by atoms with Gasteiger partial charge >= 0.3 is 0 Å². The van der Waals surface area contributed by atoms with Gasteiger partial charge in [0.1, 0.15) is 5.69 Å². The molecule has 0 bridgehead atoms. The standard InChI is InChI=1S/C11H13ClN2O2/c1-11(4-5-11)7-13-9-3-2-8(12)6-10(9)14(15)16/h2-3,6,13H,4-5,7H2,1H3. The smallest absolute Gasteiger partial charge is 0.293 e. The van der Waals surface area contributed by atoms with Crippen LogP contribution in [0.25, 0.3) is 0 Å². The van der Waals surface area contributed by atoms with Crippen molar-refractivity contribution in [3.8, 4) is 0 Å². The number of benzene rings is 1. The zero-order chi connectivity index (χ0) is 11.8. The Hall–Kier alpha value is -1.29. The Morgan fingerprint density at radius 3 is 2.81 bits per heavy atom. The highest BCUT2D eigenvalue weighted by molar-refractivity contribution is 6.30. The lowest BCUT2D eigenvalue weighted by Gasteiger charge is -2.11. The van der Waals surface area contributed by atoms with Gasteiger partial charge in [0.15, 0.2) is 0 Å². The van der Waals surface area contributed by atoms with E-state index in [0.29, 0.717) is 16.1 Å². The first-order chi connectivity index (χ1) is 7.50. The minimum absolute atomic E-state index is 0.0387. The van der Waals surface area contributed by atoms with Crippen molar-refractivity contribution in [1.29, 1.82) is 0 Å². The van der Waals surface area contributed by atoms with E-state index >= 15 is 0 Å². The molecule has 1 saturated carbocycles. The molecule has 1 fully saturated rings. The van der Waals surface area contributed by atoms with Crippen molar-refractivity contribution in [2.75, 3.05) is 11.9 Å².